The standard InChI is InChI=1S/C24H20ClF2N5O4S/c25-16-6-4-15(5-7-16)20-13-21(22(26)27)32-23(30-20)19(14-28-32)24(33)29-17-2-1-3-18(12-17)37(34,35)31-8-10-36-11-9-31/h1-7,12-14,22H,8-11H2,(H,29,33). The molecular formula is C24H20ClF2N5O4S. The molecule has 37 heavy (non-hydrogen) atoms. The minimum atomic E-state index is -3.78. The fourth-order valence-corrected chi connectivity index (χ4v) is 5.52. The van der Waals surface area contributed by atoms with Crippen LogP contribution in [-0.4, -0.2) is 59.5 Å². The van der Waals surface area contributed by atoms with Gasteiger partial charge in [0.05, 0.1) is 30.0 Å². The maximum absolute atomic E-state index is 13.8. The van der Waals surface area contributed by atoms with Crippen LogP contribution in [0.5, 0.6) is 0 Å². The molecule has 0 saturated carbocycles. The summed E-state index contributed by atoms with van der Waals surface area (Å²) in [6, 6.07) is 13.5. The van der Waals surface area contributed by atoms with Gasteiger partial charge < -0.3 is 10.1 Å². The van der Waals surface area contributed by atoms with E-state index in [4.69, 9.17) is 16.3 Å². The van der Waals surface area contributed by atoms with Crippen LogP contribution in [0.3, 0.4) is 0 Å². The van der Waals surface area contributed by atoms with Crippen molar-refractivity contribution in [1.29, 1.82) is 0 Å². The lowest BCUT2D eigenvalue weighted by Crippen LogP contribution is -2.40. The third-order valence-corrected chi connectivity index (χ3v) is 7.95. The van der Waals surface area contributed by atoms with Crippen molar-refractivity contribution in [1.82, 2.24) is 18.9 Å². The topological polar surface area (TPSA) is 106 Å². The van der Waals surface area contributed by atoms with Gasteiger partial charge in [0.15, 0.2) is 5.65 Å². The van der Waals surface area contributed by atoms with Crippen LogP contribution in [0.4, 0.5) is 14.5 Å². The van der Waals surface area contributed by atoms with E-state index in [1.165, 1.54) is 34.6 Å². The SMILES string of the molecule is O=C(Nc1cccc(S(=O)(=O)N2CCOCC2)c1)c1cnn2c(C(F)F)cc(-c3ccc(Cl)cc3)nc12. The summed E-state index contributed by atoms with van der Waals surface area (Å²) in [5, 5.41) is 7.04. The maximum atomic E-state index is 13.8. The first-order valence-electron chi connectivity index (χ1n) is 11.2. The van der Waals surface area contributed by atoms with Crippen LogP contribution in [0.15, 0.2) is 65.7 Å². The Labute approximate surface area is 215 Å². The molecule has 5 rings (SSSR count). The van der Waals surface area contributed by atoms with Crippen molar-refractivity contribution in [2.24, 2.45) is 0 Å². The molecule has 3 heterocycles. The summed E-state index contributed by atoms with van der Waals surface area (Å²) in [5.41, 5.74) is 0.390. The zero-order valence-corrected chi connectivity index (χ0v) is 20.7. The van der Waals surface area contributed by atoms with Gasteiger partial charge in [0.1, 0.15) is 11.3 Å². The number of morpholine rings is 1. The number of carbonyl (C=O) groups is 1. The smallest absolute Gasteiger partial charge is 0.280 e. The molecule has 0 aliphatic carbocycles. The second-order valence-corrected chi connectivity index (χ2v) is 10.5. The lowest BCUT2D eigenvalue weighted by atomic mass is 10.1. The zero-order chi connectivity index (χ0) is 26.2. The van der Waals surface area contributed by atoms with E-state index in [1.54, 1.807) is 24.3 Å². The fraction of sp³-hybridized carbons (Fsp3) is 0.208. The Morgan fingerprint density at radius 3 is 2.51 bits per heavy atom. The lowest BCUT2D eigenvalue weighted by Gasteiger charge is -2.26. The fourth-order valence-electron chi connectivity index (χ4n) is 3.94. The first-order valence-corrected chi connectivity index (χ1v) is 13.0. The van der Waals surface area contributed by atoms with Gasteiger partial charge in [0, 0.05) is 29.4 Å². The third-order valence-electron chi connectivity index (χ3n) is 5.81. The summed E-state index contributed by atoms with van der Waals surface area (Å²) < 4.78 is 61.1. The van der Waals surface area contributed by atoms with Crippen LogP contribution < -0.4 is 5.32 Å². The Morgan fingerprint density at radius 1 is 1.08 bits per heavy atom. The minimum Gasteiger partial charge on any atom is -0.379 e. The van der Waals surface area contributed by atoms with Gasteiger partial charge in [0.25, 0.3) is 12.3 Å². The van der Waals surface area contributed by atoms with Gasteiger partial charge in [-0.2, -0.15) is 9.40 Å². The number of fused-ring (bicyclic) bond motifs is 1. The van der Waals surface area contributed by atoms with Crippen molar-refractivity contribution in [3.8, 4) is 11.3 Å². The number of sulfonamides is 1. The molecular weight excluding hydrogens is 528 g/mol. The number of benzene rings is 2. The zero-order valence-electron chi connectivity index (χ0n) is 19.1. The Bertz CT molecular complexity index is 1570. The second-order valence-electron chi connectivity index (χ2n) is 8.17. The van der Waals surface area contributed by atoms with Crippen molar-refractivity contribution in [2.45, 2.75) is 11.3 Å². The highest BCUT2D eigenvalue weighted by molar-refractivity contribution is 7.89. The van der Waals surface area contributed by atoms with Crippen molar-refractivity contribution < 1.29 is 26.7 Å². The molecule has 0 atom stereocenters. The van der Waals surface area contributed by atoms with Crippen molar-refractivity contribution in [2.75, 3.05) is 31.6 Å². The molecule has 2 aromatic heterocycles. The van der Waals surface area contributed by atoms with Crippen LogP contribution in [0.2, 0.25) is 5.02 Å². The Morgan fingerprint density at radius 2 is 1.81 bits per heavy atom. The van der Waals surface area contributed by atoms with E-state index in [1.807, 2.05) is 0 Å². The highest BCUT2D eigenvalue weighted by Crippen LogP contribution is 2.28. The number of anilines is 1. The second kappa shape index (κ2) is 10.1. The number of carbonyl (C=O) groups excluding carboxylic acids is 1. The Kier molecular flexibility index (Phi) is 6.90. The van der Waals surface area contributed by atoms with Gasteiger partial charge in [-0.1, -0.05) is 29.8 Å². The van der Waals surface area contributed by atoms with Crippen LogP contribution >= 0.6 is 11.6 Å². The van der Waals surface area contributed by atoms with Gasteiger partial charge in [-0.25, -0.2) is 26.7 Å². The van der Waals surface area contributed by atoms with Gasteiger partial charge in [-0.15, -0.1) is 0 Å². The summed E-state index contributed by atoms with van der Waals surface area (Å²) in [5.74, 6) is -0.683. The van der Waals surface area contributed by atoms with Crippen LogP contribution in [-0.2, 0) is 14.8 Å². The molecule has 1 aliphatic rings. The lowest BCUT2D eigenvalue weighted by molar-refractivity contribution is 0.0730. The molecule has 0 spiro atoms. The predicted molar refractivity (Wildman–Crippen MR) is 132 cm³/mol. The number of nitrogens with one attached hydrogen (secondary N) is 1. The van der Waals surface area contributed by atoms with Crippen LogP contribution in [0, 0.1) is 0 Å². The van der Waals surface area contributed by atoms with E-state index < -0.39 is 28.0 Å². The number of ether oxygens (including phenoxy) is 1. The van der Waals surface area contributed by atoms with Gasteiger partial charge in [-0.3, -0.25) is 4.79 Å². The summed E-state index contributed by atoms with van der Waals surface area (Å²) in [6.07, 6.45) is -1.74. The number of hydrogen-bond donors (Lipinski definition) is 1. The Balaban J connectivity index is 1.48. The molecule has 1 aliphatic heterocycles. The molecule has 1 fully saturated rings. The quantitative estimate of drug-likeness (QED) is 0.387. The molecule has 192 valence electrons. The molecule has 13 heteroatoms. The van der Waals surface area contributed by atoms with Gasteiger partial charge in [0.2, 0.25) is 10.0 Å². The number of amides is 1. The number of hydrogen-bond acceptors (Lipinski definition) is 6. The monoisotopic (exact) mass is 547 g/mol. The van der Waals surface area contributed by atoms with E-state index >= 15 is 0 Å². The molecule has 4 aromatic rings. The molecule has 0 unspecified atom stereocenters. The average Bonchev–Trinajstić information content (AvgIpc) is 3.33. The summed E-state index contributed by atoms with van der Waals surface area (Å²) in [4.78, 5) is 17.6. The van der Waals surface area contributed by atoms with E-state index in [-0.39, 0.29) is 40.6 Å². The summed E-state index contributed by atoms with van der Waals surface area (Å²) in [6.45, 7) is 1.07. The molecule has 1 saturated heterocycles. The maximum Gasteiger partial charge on any atom is 0.280 e. The molecule has 2 aromatic carbocycles. The first-order chi connectivity index (χ1) is 17.7. The molecule has 0 radical (unpaired) electrons. The van der Waals surface area contributed by atoms with E-state index in [9.17, 15) is 22.0 Å². The highest BCUT2D eigenvalue weighted by atomic mass is 35.5. The van der Waals surface area contributed by atoms with Crippen molar-refractivity contribution in [3.63, 3.8) is 0 Å². The normalized spacial score (nSPS) is 14.8. The van der Waals surface area contributed by atoms with E-state index in [2.05, 4.69) is 15.4 Å². The van der Waals surface area contributed by atoms with Crippen molar-refractivity contribution in [3.05, 3.63) is 77.1 Å². The average molecular weight is 548 g/mol. The predicted octanol–water partition coefficient (Wildman–Crippen LogP) is 4.26. The first kappa shape index (κ1) is 25.2. The van der Waals surface area contributed by atoms with Crippen molar-refractivity contribution >= 4 is 38.9 Å². The summed E-state index contributed by atoms with van der Waals surface area (Å²) in [7, 11) is -3.78. The Hall–Kier alpha value is -3.45. The number of nitrogens with zero attached hydrogens (tertiary/aromatic N) is 4. The largest absolute Gasteiger partial charge is 0.379 e. The van der Waals surface area contributed by atoms with E-state index in [0.717, 1.165) is 10.7 Å². The molecule has 1 N–H and O–H groups in total. The number of rotatable bonds is 6. The number of halogens is 3. The van der Waals surface area contributed by atoms with E-state index in [0.29, 0.717) is 23.8 Å². The van der Waals surface area contributed by atoms with Crippen LogP contribution in [0.1, 0.15) is 22.5 Å². The van der Waals surface area contributed by atoms with Gasteiger partial charge in [-0.05, 0) is 36.4 Å². The summed E-state index contributed by atoms with van der Waals surface area (Å²) >= 11 is 5.93. The minimum absolute atomic E-state index is 0.00944. The van der Waals surface area contributed by atoms with Gasteiger partial charge >= 0.3 is 0 Å². The number of aromatic nitrogens is 3. The van der Waals surface area contributed by atoms with Crippen LogP contribution in [0.25, 0.3) is 16.9 Å². The molecule has 9 nitrogen and oxygen atoms in total. The number of alkyl halides is 2. The highest BCUT2D eigenvalue weighted by Gasteiger charge is 2.27. The molecule has 1 amide bonds. The third kappa shape index (κ3) is 5.05. The molecule has 0 bridgehead atoms.